The fraction of sp³-hybridized carbons (Fsp3) is 0.600. The highest BCUT2D eigenvalue weighted by Crippen LogP contribution is 2.19. The van der Waals surface area contributed by atoms with E-state index < -0.39 is 0 Å². The van der Waals surface area contributed by atoms with E-state index in [0.29, 0.717) is 6.61 Å². The number of nitrogens with zero attached hydrogens (tertiary/aromatic N) is 1. The molecule has 1 fully saturated rings. The van der Waals surface area contributed by atoms with Gasteiger partial charge in [-0.1, -0.05) is 12.1 Å². The Morgan fingerprint density at radius 3 is 2.47 bits per heavy atom. The molecule has 2 rings (SSSR count). The Morgan fingerprint density at radius 1 is 1.26 bits per heavy atom. The van der Waals surface area contributed by atoms with Crippen molar-refractivity contribution < 1.29 is 4.74 Å². The van der Waals surface area contributed by atoms with Gasteiger partial charge in [-0.05, 0) is 31.5 Å². The third-order valence-electron chi connectivity index (χ3n) is 3.64. The molecule has 0 amide bonds. The van der Waals surface area contributed by atoms with Crippen molar-refractivity contribution in [3.8, 4) is 5.75 Å². The van der Waals surface area contributed by atoms with E-state index in [9.17, 15) is 0 Å². The van der Waals surface area contributed by atoms with Crippen LogP contribution >= 0.6 is 0 Å². The minimum absolute atomic E-state index is 0.283. The molecule has 1 aliphatic rings. The summed E-state index contributed by atoms with van der Waals surface area (Å²) in [5, 5.41) is 3.36. The van der Waals surface area contributed by atoms with Crippen LogP contribution in [-0.4, -0.2) is 43.3 Å². The topological polar surface area (TPSA) is 50.5 Å². The van der Waals surface area contributed by atoms with Crippen LogP contribution in [0.2, 0.25) is 0 Å². The van der Waals surface area contributed by atoms with Gasteiger partial charge < -0.3 is 15.8 Å². The highest BCUT2D eigenvalue weighted by molar-refractivity contribution is 5.28. The summed E-state index contributed by atoms with van der Waals surface area (Å²) in [6.45, 7) is 8.90. The lowest BCUT2D eigenvalue weighted by atomic mass is 9.99. The monoisotopic (exact) mass is 263 g/mol. The molecular formula is C15H25N3O. The van der Waals surface area contributed by atoms with E-state index in [-0.39, 0.29) is 5.66 Å². The van der Waals surface area contributed by atoms with E-state index in [0.717, 1.165) is 38.3 Å². The quantitative estimate of drug-likeness (QED) is 0.838. The second kappa shape index (κ2) is 6.37. The van der Waals surface area contributed by atoms with Gasteiger partial charge >= 0.3 is 0 Å². The number of piperazine rings is 1. The smallest absolute Gasteiger partial charge is 0.119 e. The third kappa shape index (κ3) is 3.93. The molecule has 1 atom stereocenters. The van der Waals surface area contributed by atoms with Crippen molar-refractivity contribution in [1.82, 2.24) is 10.2 Å². The normalized spacial score (nSPS) is 19.9. The minimum Gasteiger partial charge on any atom is -0.494 e. The van der Waals surface area contributed by atoms with Gasteiger partial charge in [-0.2, -0.15) is 0 Å². The molecule has 3 N–H and O–H groups in total. The summed E-state index contributed by atoms with van der Waals surface area (Å²) in [4.78, 5) is 2.36. The Hall–Kier alpha value is -1.10. The number of rotatable bonds is 5. The molecule has 0 aliphatic carbocycles. The van der Waals surface area contributed by atoms with Crippen LogP contribution in [0.5, 0.6) is 5.75 Å². The van der Waals surface area contributed by atoms with Crippen LogP contribution in [0.15, 0.2) is 24.3 Å². The number of nitrogens with two attached hydrogens (primary N) is 1. The Bertz CT molecular complexity index is 383. The molecule has 0 spiro atoms. The van der Waals surface area contributed by atoms with E-state index in [1.807, 2.05) is 19.1 Å². The lowest BCUT2D eigenvalue weighted by Gasteiger charge is -2.41. The molecule has 0 bridgehead atoms. The summed E-state index contributed by atoms with van der Waals surface area (Å²) < 4.78 is 5.46. The Morgan fingerprint density at radius 2 is 1.89 bits per heavy atom. The van der Waals surface area contributed by atoms with Gasteiger partial charge in [-0.15, -0.1) is 0 Å². The van der Waals surface area contributed by atoms with Crippen LogP contribution in [0.1, 0.15) is 19.4 Å². The van der Waals surface area contributed by atoms with E-state index in [1.54, 1.807) is 0 Å². The summed E-state index contributed by atoms with van der Waals surface area (Å²) in [7, 11) is 0. The third-order valence-corrected chi connectivity index (χ3v) is 3.64. The summed E-state index contributed by atoms with van der Waals surface area (Å²) in [6, 6.07) is 8.26. The fourth-order valence-corrected chi connectivity index (χ4v) is 2.57. The second-order valence-corrected chi connectivity index (χ2v) is 5.35. The van der Waals surface area contributed by atoms with Crippen molar-refractivity contribution in [3.05, 3.63) is 29.8 Å². The first-order valence-electron chi connectivity index (χ1n) is 7.08. The van der Waals surface area contributed by atoms with Crippen molar-refractivity contribution in [2.45, 2.75) is 25.9 Å². The van der Waals surface area contributed by atoms with Crippen LogP contribution in [0.3, 0.4) is 0 Å². The largest absolute Gasteiger partial charge is 0.494 e. The van der Waals surface area contributed by atoms with Gasteiger partial charge in [0.25, 0.3) is 0 Å². The van der Waals surface area contributed by atoms with Gasteiger partial charge in [0.2, 0.25) is 0 Å². The van der Waals surface area contributed by atoms with E-state index >= 15 is 0 Å². The Kier molecular flexibility index (Phi) is 4.80. The predicted octanol–water partition coefficient (Wildman–Crippen LogP) is 1.21. The standard InChI is InChI=1S/C15H25N3O/c1-3-19-14-6-4-13(5-7-14)12-15(2,16)18-10-8-17-9-11-18/h4-7,17H,3,8-12,16H2,1-2H3. The predicted molar refractivity (Wildman–Crippen MR) is 78.4 cm³/mol. The van der Waals surface area contributed by atoms with E-state index in [4.69, 9.17) is 10.5 Å². The minimum atomic E-state index is -0.283. The Labute approximate surface area is 115 Å². The number of ether oxygens (including phenoxy) is 1. The van der Waals surface area contributed by atoms with Gasteiger partial charge in [0.1, 0.15) is 5.75 Å². The molecule has 0 aromatic heterocycles. The molecular weight excluding hydrogens is 238 g/mol. The van der Waals surface area contributed by atoms with E-state index in [1.165, 1.54) is 5.56 Å². The van der Waals surface area contributed by atoms with Gasteiger partial charge in [0.05, 0.1) is 12.3 Å². The summed E-state index contributed by atoms with van der Waals surface area (Å²) in [5.74, 6) is 0.923. The van der Waals surface area contributed by atoms with Crippen LogP contribution in [0.25, 0.3) is 0 Å². The zero-order chi connectivity index (χ0) is 13.7. The molecule has 19 heavy (non-hydrogen) atoms. The van der Waals surface area contributed by atoms with Crippen molar-refractivity contribution in [1.29, 1.82) is 0 Å². The first-order valence-corrected chi connectivity index (χ1v) is 7.08. The van der Waals surface area contributed by atoms with Gasteiger partial charge in [-0.25, -0.2) is 0 Å². The number of hydrogen-bond acceptors (Lipinski definition) is 4. The number of benzene rings is 1. The van der Waals surface area contributed by atoms with Crippen LogP contribution in [-0.2, 0) is 6.42 Å². The zero-order valence-electron chi connectivity index (χ0n) is 12.0. The lowest BCUT2D eigenvalue weighted by Crippen LogP contribution is -2.60. The molecule has 1 heterocycles. The average Bonchev–Trinajstić information content (AvgIpc) is 2.42. The van der Waals surface area contributed by atoms with Crippen LogP contribution in [0.4, 0.5) is 0 Å². The lowest BCUT2D eigenvalue weighted by molar-refractivity contribution is 0.0932. The van der Waals surface area contributed by atoms with Crippen molar-refractivity contribution in [2.75, 3.05) is 32.8 Å². The van der Waals surface area contributed by atoms with Crippen molar-refractivity contribution in [2.24, 2.45) is 5.73 Å². The molecule has 0 radical (unpaired) electrons. The first-order chi connectivity index (χ1) is 9.12. The highest BCUT2D eigenvalue weighted by Gasteiger charge is 2.28. The Balaban J connectivity index is 1.98. The zero-order valence-corrected chi connectivity index (χ0v) is 12.0. The second-order valence-electron chi connectivity index (χ2n) is 5.35. The van der Waals surface area contributed by atoms with Gasteiger partial charge in [0, 0.05) is 32.6 Å². The summed E-state index contributed by atoms with van der Waals surface area (Å²) in [6.07, 6.45) is 0.861. The maximum absolute atomic E-state index is 6.49. The van der Waals surface area contributed by atoms with Crippen LogP contribution in [0, 0.1) is 0 Å². The number of nitrogens with one attached hydrogen (secondary N) is 1. The molecule has 1 aromatic rings. The molecule has 106 valence electrons. The molecule has 4 heteroatoms. The molecule has 1 unspecified atom stereocenters. The van der Waals surface area contributed by atoms with Crippen LogP contribution < -0.4 is 15.8 Å². The molecule has 1 aromatic carbocycles. The first kappa shape index (κ1) is 14.3. The highest BCUT2D eigenvalue weighted by atomic mass is 16.5. The van der Waals surface area contributed by atoms with Gasteiger partial charge in [-0.3, -0.25) is 4.90 Å². The SMILES string of the molecule is CCOc1ccc(CC(C)(N)N2CCNCC2)cc1. The molecule has 4 nitrogen and oxygen atoms in total. The molecule has 1 saturated heterocycles. The maximum Gasteiger partial charge on any atom is 0.119 e. The average molecular weight is 263 g/mol. The summed E-state index contributed by atoms with van der Waals surface area (Å²) in [5.41, 5.74) is 7.46. The maximum atomic E-state index is 6.49. The molecule has 1 aliphatic heterocycles. The van der Waals surface area contributed by atoms with Crippen molar-refractivity contribution >= 4 is 0 Å². The fourth-order valence-electron chi connectivity index (χ4n) is 2.57. The number of hydrogen-bond donors (Lipinski definition) is 2. The van der Waals surface area contributed by atoms with Crippen molar-refractivity contribution in [3.63, 3.8) is 0 Å². The molecule has 0 saturated carbocycles. The van der Waals surface area contributed by atoms with Gasteiger partial charge in [0.15, 0.2) is 0 Å². The van der Waals surface area contributed by atoms with E-state index in [2.05, 4.69) is 29.3 Å². The summed E-state index contributed by atoms with van der Waals surface area (Å²) >= 11 is 0.